The second-order valence-electron chi connectivity index (χ2n) is 8.73. The maximum atomic E-state index is 5.68. The van der Waals surface area contributed by atoms with E-state index in [4.69, 9.17) is 9.47 Å². The summed E-state index contributed by atoms with van der Waals surface area (Å²) in [6.07, 6.45) is 8.71. The molecule has 0 saturated heterocycles. The second-order valence-corrected chi connectivity index (χ2v) is 8.73. The van der Waals surface area contributed by atoms with E-state index in [0.717, 1.165) is 23.8 Å². The molecular formula is C23H34O2. The molecule has 0 radical (unpaired) electrons. The van der Waals surface area contributed by atoms with Crippen molar-refractivity contribution < 1.29 is 9.47 Å². The fourth-order valence-corrected chi connectivity index (χ4v) is 5.64. The minimum absolute atomic E-state index is 0.280. The molecule has 0 heterocycles. The fourth-order valence-electron chi connectivity index (χ4n) is 5.64. The van der Waals surface area contributed by atoms with Gasteiger partial charge in [-0.15, -0.1) is 0 Å². The van der Waals surface area contributed by atoms with Crippen LogP contribution in [0.25, 0.3) is 0 Å². The van der Waals surface area contributed by atoms with Crippen molar-refractivity contribution >= 4 is 0 Å². The molecule has 2 heteroatoms. The molecule has 1 saturated carbocycles. The highest BCUT2D eigenvalue weighted by Gasteiger charge is 2.53. The van der Waals surface area contributed by atoms with Gasteiger partial charge in [-0.05, 0) is 85.5 Å². The van der Waals surface area contributed by atoms with Crippen molar-refractivity contribution in [2.24, 2.45) is 22.7 Å². The van der Waals surface area contributed by atoms with Crippen LogP contribution in [0.5, 0.6) is 11.5 Å². The Kier molecular flexibility index (Phi) is 4.92. The summed E-state index contributed by atoms with van der Waals surface area (Å²) in [6.45, 7) is 9.85. The van der Waals surface area contributed by atoms with Crippen molar-refractivity contribution in [1.29, 1.82) is 0 Å². The molecule has 0 aliphatic heterocycles. The van der Waals surface area contributed by atoms with Gasteiger partial charge in [-0.3, -0.25) is 0 Å². The Hall–Kier alpha value is -1.44. The van der Waals surface area contributed by atoms with Crippen molar-refractivity contribution in [3.8, 4) is 11.5 Å². The van der Waals surface area contributed by atoms with Crippen LogP contribution in [-0.2, 0) is 6.42 Å². The Morgan fingerprint density at radius 2 is 1.88 bits per heavy atom. The first-order valence-electron chi connectivity index (χ1n) is 9.73. The molecular weight excluding hydrogens is 308 g/mol. The first-order chi connectivity index (χ1) is 11.8. The van der Waals surface area contributed by atoms with Crippen LogP contribution in [-0.4, -0.2) is 14.2 Å². The molecule has 0 amide bonds. The Balaban J connectivity index is 2.01. The van der Waals surface area contributed by atoms with Crippen LogP contribution in [0, 0.1) is 22.7 Å². The van der Waals surface area contributed by atoms with Gasteiger partial charge >= 0.3 is 0 Å². The van der Waals surface area contributed by atoms with Crippen LogP contribution in [0.15, 0.2) is 29.8 Å². The number of benzene rings is 1. The van der Waals surface area contributed by atoms with Gasteiger partial charge < -0.3 is 9.47 Å². The van der Waals surface area contributed by atoms with E-state index in [0.29, 0.717) is 11.3 Å². The van der Waals surface area contributed by atoms with Crippen LogP contribution in [0.3, 0.4) is 0 Å². The van der Waals surface area contributed by atoms with Crippen molar-refractivity contribution in [2.45, 2.75) is 59.8 Å². The summed E-state index contributed by atoms with van der Waals surface area (Å²) < 4.78 is 11.2. The Bertz CT molecular complexity index is 662. The molecule has 4 atom stereocenters. The molecule has 0 N–H and O–H groups in total. The molecule has 0 aromatic heterocycles. The summed E-state index contributed by atoms with van der Waals surface area (Å²) in [5.74, 6) is 3.35. The summed E-state index contributed by atoms with van der Waals surface area (Å²) in [5, 5.41) is 0. The number of fused-ring (bicyclic) bond motifs is 1. The van der Waals surface area contributed by atoms with Gasteiger partial charge in [0.2, 0.25) is 0 Å². The Morgan fingerprint density at radius 3 is 2.56 bits per heavy atom. The van der Waals surface area contributed by atoms with E-state index in [1.807, 2.05) is 6.07 Å². The maximum absolute atomic E-state index is 5.68. The van der Waals surface area contributed by atoms with Crippen molar-refractivity contribution in [1.82, 2.24) is 0 Å². The highest BCUT2D eigenvalue weighted by Crippen LogP contribution is 2.61. The first-order valence-corrected chi connectivity index (χ1v) is 9.73. The third kappa shape index (κ3) is 2.98. The van der Waals surface area contributed by atoms with Gasteiger partial charge in [0.1, 0.15) is 11.5 Å². The smallest absolute Gasteiger partial charge is 0.122 e. The molecule has 0 bridgehead atoms. The molecule has 3 rings (SSSR count). The van der Waals surface area contributed by atoms with Gasteiger partial charge in [-0.2, -0.15) is 0 Å². The molecule has 1 aromatic carbocycles. The number of hydrogen-bond acceptors (Lipinski definition) is 2. The highest BCUT2D eigenvalue weighted by molar-refractivity contribution is 5.41. The molecule has 1 fully saturated rings. The molecule has 0 spiro atoms. The van der Waals surface area contributed by atoms with Crippen LogP contribution in [0.1, 0.15) is 58.9 Å². The zero-order chi connectivity index (χ0) is 18.2. The molecule has 1 aromatic rings. The summed E-state index contributed by atoms with van der Waals surface area (Å²) in [4.78, 5) is 0. The maximum Gasteiger partial charge on any atom is 0.122 e. The van der Waals surface area contributed by atoms with Crippen LogP contribution in [0.4, 0.5) is 0 Å². The van der Waals surface area contributed by atoms with E-state index in [1.165, 1.54) is 31.2 Å². The monoisotopic (exact) mass is 342 g/mol. The predicted octanol–water partition coefficient (Wildman–Crippen LogP) is 6.05. The van der Waals surface area contributed by atoms with Gasteiger partial charge in [0, 0.05) is 0 Å². The first kappa shape index (κ1) is 18.4. The minimum Gasteiger partial charge on any atom is -0.497 e. The van der Waals surface area contributed by atoms with E-state index in [9.17, 15) is 0 Å². The minimum atomic E-state index is 0.280. The van der Waals surface area contributed by atoms with E-state index in [2.05, 4.69) is 45.9 Å². The molecule has 2 aliphatic rings. The lowest BCUT2D eigenvalue weighted by Crippen LogP contribution is -2.50. The number of allylic oxidation sites excluding steroid dienone is 2. The molecule has 25 heavy (non-hydrogen) atoms. The largest absolute Gasteiger partial charge is 0.497 e. The van der Waals surface area contributed by atoms with E-state index in [-0.39, 0.29) is 5.41 Å². The lowest BCUT2D eigenvalue weighted by Gasteiger charge is -2.58. The van der Waals surface area contributed by atoms with Crippen LogP contribution in [0.2, 0.25) is 0 Å². The van der Waals surface area contributed by atoms with Gasteiger partial charge in [-0.25, -0.2) is 0 Å². The number of ether oxygens (including phenoxy) is 2. The van der Waals surface area contributed by atoms with Gasteiger partial charge in [0.25, 0.3) is 0 Å². The standard InChI is InChI=1S/C23H34O2/c1-16-8-7-9-21-22(16,3)13-12-17(2)23(21,4)15-18-14-19(24-5)10-11-20(18)25-6/h8,10-11,14,17,21H,7,9,12-13,15H2,1-6H3/t17-,21-,22-,23-/m1/s1. The quantitative estimate of drug-likeness (QED) is 0.621. The number of hydrogen-bond donors (Lipinski definition) is 0. The average molecular weight is 343 g/mol. The normalized spacial score (nSPS) is 34.9. The topological polar surface area (TPSA) is 18.5 Å². The van der Waals surface area contributed by atoms with Crippen molar-refractivity contribution in [3.05, 3.63) is 35.4 Å². The van der Waals surface area contributed by atoms with E-state index >= 15 is 0 Å². The van der Waals surface area contributed by atoms with Gasteiger partial charge in [-0.1, -0.05) is 32.4 Å². The Morgan fingerprint density at radius 1 is 1.12 bits per heavy atom. The third-order valence-corrected chi connectivity index (χ3v) is 7.65. The zero-order valence-corrected chi connectivity index (χ0v) is 16.8. The number of rotatable bonds is 4. The second kappa shape index (κ2) is 6.70. The third-order valence-electron chi connectivity index (χ3n) is 7.65. The SMILES string of the molecule is COc1ccc(OC)c(C[C@]2(C)[C@H](C)CC[C@]3(C)C(C)=CCC[C@@H]23)c1. The molecule has 0 unspecified atom stereocenters. The summed E-state index contributed by atoms with van der Waals surface area (Å²) >= 11 is 0. The van der Waals surface area contributed by atoms with Gasteiger partial charge in [0.05, 0.1) is 14.2 Å². The zero-order valence-electron chi connectivity index (χ0n) is 16.8. The lowest BCUT2D eigenvalue weighted by molar-refractivity contribution is -0.0412. The van der Waals surface area contributed by atoms with Gasteiger partial charge in [0.15, 0.2) is 0 Å². The van der Waals surface area contributed by atoms with Crippen molar-refractivity contribution in [2.75, 3.05) is 14.2 Å². The van der Waals surface area contributed by atoms with Crippen LogP contribution >= 0.6 is 0 Å². The fraction of sp³-hybridized carbons (Fsp3) is 0.652. The molecule has 2 nitrogen and oxygen atoms in total. The predicted molar refractivity (Wildman–Crippen MR) is 104 cm³/mol. The highest BCUT2D eigenvalue weighted by atomic mass is 16.5. The summed E-state index contributed by atoms with van der Waals surface area (Å²) in [6, 6.07) is 6.22. The van der Waals surface area contributed by atoms with Crippen LogP contribution < -0.4 is 9.47 Å². The summed E-state index contributed by atoms with van der Waals surface area (Å²) in [5.41, 5.74) is 3.53. The van der Waals surface area contributed by atoms with E-state index < -0.39 is 0 Å². The van der Waals surface area contributed by atoms with Crippen molar-refractivity contribution in [3.63, 3.8) is 0 Å². The Labute approximate surface area is 153 Å². The molecule has 138 valence electrons. The molecule has 2 aliphatic carbocycles. The van der Waals surface area contributed by atoms with E-state index in [1.54, 1.807) is 19.8 Å². The number of methoxy groups -OCH3 is 2. The average Bonchev–Trinajstić information content (AvgIpc) is 2.60. The lowest BCUT2D eigenvalue weighted by atomic mass is 9.47. The summed E-state index contributed by atoms with van der Waals surface area (Å²) in [7, 11) is 3.51.